The molecule has 0 aromatic heterocycles. The molecule has 0 saturated carbocycles. The monoisotopic (exact) mass is 182 g/mol. The van der Waals surface area contributed by atoms with Crippen LogP contribution in [0, 0.1) is 0 Å². The molecule has 2 aliphatic heterocycles. The van der Waals surface area contributed by atoms with Crippen molar-refractivity contribution in [2.45, 2.75) is 45.2 Å². The molecule has 13 heavy (non-hydrogen) atoms. The van der Waals surface area contributed by atoms with Gasteiger partial charge in [-0.1, -0.05) is 0 Å². The second kappa shape index (κ2) is 3.25. The summed E-state index contributed by atoms with van der Waals surface area (Å²) in [5.41, 5.74) is 0.370. The Kier molecular flexibility index (Phi) is 2.37. The lowest BCUT2D eigenvalue weighted by molar-refractivity contribution is 0.0413. The van der Waals surface area contributed by atoms with Crippen LogP contribution in [-0.2, 0) is 0 Å². The van der Waals surface area contributed by atoms with Gasteiger partial charge in [0.2, 0.25) is 0 Å². The molecule has 0 aromatic rings. The smallest absolute Gasteiger partial charge is 0.0224 e. The van der Waals surface area contributed by atoms with Crippen LogP contribution in [0.2, 0.25) is 0 Å². The van der Waals surface area contributed by atoms with Gasteiger partial charge >= 0.3 is 0 Å². The van der Waals surface area contributed by atoms with Crippen LogP contribution < -0.4 is 0 Å². The van der Waals surface area contributed by atoms with Crippen LogP contribution in [-0.4, -0.2) is 47.6 Å². The van der Waals surface area contributed by atoms with E-state index in [1.165, 1.54) is 39.0 Å². The van der Waals surface area contributed by atoms with Crippen molar-refractivity contribution in [1.82, 2.24) is 9.80 Å². The Balaban J connectivity index is 1.97. The maximum atomic E-state index is 2.67. The van der Waals surface area contributed by atoms with E-state index in [0.717, 1.165) is 6.04 Å². The molecule has 2 heteroatoms. The molecule has 0 spiro atoms. The van der Waals surface area contributed by atoms with Gasteiger partial charge in [-0.05, 0) is 40.2 Å². The third-order valence-corrected chi connectivity index (χ3v) is 3.54. The fraction of sp³-hybridized carbons (Fsp3) is 1.00. The molecule has 2 aliphatic rings. The van der Waals surface area contributed by atoms with E-state index < -0.39 is 0 Å². The first kappa shape index (κ1) is 9.47. The molecule has 1 unspecified atom stereocenters. The van der Waals surface area contributed by atoms with Gasteiger partial charge in [-0.3, -0.25) is 9.80 Å². The van der Waals surface area contributed by atoms with E-state index in [1.807, 2.05) is 0 Å². The fourth-order valence-corrected chi connectivity index (χ4v) is 2.60. The molecular formula is C11H22N2. The van der Waals surface area contributed by atoms with Crippen molar-refractivity contribution >= 4 is 0 Å². The highest BCUT2D eigenvalue weighted by Gasteiger charge is 2.34. The number of hydrogen-bond donors (Lipinski definition) is 0. The number of nitrogens with zero attached hydrogens (tertiary/aromatic N) is 2. The van der Waals surface area contributed by atoms with Crippen LogP contribution in [0.5, 0.6) is 0 Å². The lowest BCUT2D eigenvalue weighted by Crippen LogP contribution is -2.56. The molecule has 2 rings (SSSR count). The molecule has 0 aliphatic carbocycles. The Bertz CT molecular complexity index is 183. The van der Waals surface area contributed by atoms with Crippen LogP contribution >= 0.6 is 0 Å². The molecular weight excluding hydrogens is 160 g/mol. The van der Waals surface area contributed by atoms with Gasteiger partial charge in [0, 0.05) is 31.2 Å². The summed E-state index contributed by atoms with van der Waals surface area (Å²) in [5, 5.41) is 0. The average Bonchev–Trinajstić information content (AvgIpc) is 2.47. The third kappa shape index (κ3) is 1.89. The summed E-state index contributed by atoms with van der Waals surface area (Å²) in [6.45, 7) is 12.2. The van der Waals surface area contributed by atoms with Crippen molar-refractivity contribution in [3.63, 3.8) is 0 Å². The van der Waals surface area contributed by atoms with Crippen LogP contribution in [0.25, 0.3) is 0 Å². The molecule has 1 atom stereocenters. The van der Waals surface area contributed by atoms with Crippen LogP contribution in [0.1, 0.15) is 33.6 Å². The lowest BCUT2D eigenvalue weighted by atomic mass is 10.0. The summed E-state index contributed by atoms with van der Waals surface area (Å²) in [7, 11) is 0. The van der Waals surface area contributed by atoms with Gasteiger partial charge in [-0.2, -0.15) is 0 Å². The first-order valence-corrected chi connectivity index (χ1v) is 5.56. The first-order chi connectivity index (χ1) is 6.07. The number of rotatable bonds is 0. The van der Waals surface area contributed by atoms with Gasteiger partial charge in [-0.25, -0.2) is 0 Å². The molecule has 0 radical (unpaired) electrons. The van der Waals surface area contributed by atoms with E-state index in [0.29, 0.717) is 5.54 Å². The summed E-state index contributed by atoms with van der Waals surface area (Å²) in [6, 6.07) is 0.868. The van der Waals surface area contributed by atoms with Crippen molar-refractivity contribution in [2.24, 2.45) is 0 Å². The van der Waals surface area contributed by atoms with Crippen LogP contribution in [0.4, 0.5) is 0 Å². The topological polar surface area (TPSA) is 6.48 Å². The van der Waals surface area contributed by atoms with E-state index in [2.05, 4.69) is 30.6 Å². The Hall–Kier alpha value is -0.0800. The number of hydrogen-bond acceptors (Lipinski definition) is 2. The van der Waals surface area contributed by atoms with Crippen molar-refractivity contribution in [3.05, 3.63) is 0 Å². The Morgan fingerprint density at radius 2 is 1.85 bits per heavy atom. The summed E-state index contributed by atoms with van der Waals surface area (Å²) in [6.07, 6.45) is 2.84. The summed E-state index contributed by atoms with van der Waals surface area (Å²) < 4.78 is 0. The van der Waals surface area contributed by atoms with Gasteiger partial charge in [0.05, 0.1) is 0 Å². The molecule has 2 heterocycles. The summed E-state index contributed by atoms with van der Waals surface area (Å²) >= 11 is 0. The van der Waals surface area contributed by atoms with E-state index in [-0.39, 0.29) is 0 Å². The number of fused-ring (bicyclic) bond motifs is 1. The zero-order valence-electron chi connectivity index (χ0n) is 9.21. The molecule has 76 valence electrons. The van der Waals surface area contributed by atoms with E-state index in [9.17, 15) is 0 Å². The van der Waals surface area contributed by atoms with Crippen molar-refractivity contribution in [2.75, 3.05) is 26.2 Å². The van der Waals surface area contributed by atoms with Gasteiger partial charge in [0.1, 0.15) is 0 Å². The molecule has 0 amide bonds. The predicted molar refractivity (Wildman–Crippen MR) is 55.9 cm³/mol. The van der Waals surface area contributed by atoms with E-state index in [1.54, 1.807) is 0 Å². The predicted octanol–water partition coefficient (Wildman–Crippen LogP) is 1.56. The van der Waals surface area contributed by atoms with Crippen LogP contribution in [0.3, 0.4) is 0 Å². The highest BCUT2D eigenvalue weighted by atomic mass is 15.3. The zero-order chi connectivity index (χ0) is 9.47. The van der Waals surface area contributed by atoms with Crippen molar-refractivity contribution in [3.8, 4) is 0 Å². The summed E-state index contributed by atoms with van der Waals surface area (Å²) in [5.74, 6) is 0. The number of piperazine rings is 1. The van der Waals surface area contributed by atoms with E-state index in [4.69, 9.17) is 0 Å². The molecule has 2 fully saturated rings. The molecule has 0 bridgehead atoms. The first-order valence-electron chi connectivity index (χ1n) is 5.56. The molecule has 0 N–H and O–H groups in total. The quantitative estimate of drug-likeness (QED) is 0.561. The van der Waals surface area contributed by atoms with Crippen LogP contribution in [0.15, 0.2) is 0 Å². The fourth-order valence-electron chi connectivity index (χ4n) is 2.60. The Labute approximate surface area is 81.9 Å². The summed E-state index contributed by atoms with van der Waals surface area (Å²) in [4.78, 5) is 5.31. The lowest BCUT2D eigenvalue weighted by Gasteiger charge is -2.44. The van der Waals surface area contributed by atoms with Gasteiger partial charge < -0.3 is 0 Å². The third-order valence-electron chi connectivity index (χ3n) is 3.54. The highest BCUT2D eigenvalue weighted by molar-refractivity contribution is 4.90. The van der Waals surface area contributed by atoms with E-state index >= 15 is 0 Å². The largest absolute Gasteiger partial charge is 0.298 e. The standard InChI is InChI=1S/C11H22N2/c1-11(2,3)13-8-7-12-6-4-5-10(12)9-13/h10H,4-9H2,1-3H3. The SMILES string of the molecule is CC(C)(C)N1CCN2CCCC2C1. The van der Waals surface area contributed by atoms with Gasteiger partial charge in [0.25, 0.3) is 0 Å². The van der Waals surface area contributed by atoms with Gasteiger partial charge in [0.15, 0.2) is 0 Å². The zero-order valence-corrected chi connectivity index (χ0v) is 9.21. The minimum Gasteiger partial charge on any atom is -0.298 e. The maximum absolute atomic E-state index is 2.67. The molecule has 2 nitrogen and oxygen atoms in total. The minimum absolute atomic E-state index is 0.370. The second-order valence-electron chi connectivity index (χ2n) is 5.45. The van der Waals surface area contributed by atoms with Gasteiger partial charge in [-0.15, -0.1) is 0 Å². The molecule has 0 aromatic carbocycles. The minimum atomic E-state index is 0.370. The Morgan fingerprint density at radius 3 is 2.54 bits per heavy atom. The maximum Gasteiger partial charge on any atom is 0.0224 e. The Morgan fingerprint density at radius 1 is 1.08 bits per heavy atom. The highest BCUT2D eigenvalue weighted by Crippen LogP contribution is 2.25. The molecule has 2 saturated heterocycles. The average molecular weight is 182 g/mol. The second-order valence-corrected chi connectivity index (χ2v) is 5.45. The van der Waals surface area contributed by atoms with Crippen molar-refractivity contribution < 1.29 is 0 Å². The van der Waals surface area contributed by atoms with Crippen molar-refractivity contribution in [1.29, 1.82) is 0 Å². The normalized spacial score (nSPS) is 32.1.